The first-order valence-corrected chi connectivity index (χ1v) is 36.0. The summed E-state index contributed by atoms with van der Waals surface area (Å²) < 4.78 is 0. The molecule has 0 bridgehead atoms. The molecular formula is C93H126Cl2N10O6. The third-order valence-electron chi connectivity index (χ3n) is 18.4. The molecule has 8 N–H and O–H groups in total. The number of aromatic amines is 4. The SMILES string of the molecule is C.C.C.C.C.C.CC(C)(C)c1cc2cc[nH]c(=O)c2cc1Cl.CC(C)(C)c1ccc2c(=O)[nH]cc(Cl)c2c1.CC(C)(C)c1ccc2c(=O)[nH]cnc2c1.CC(C)(C)c1ccc2c(=O)[nH]ncc2c1.CC(C)(C)c1ccc2c(N)nccc2c1.CC(C)(C)c1ccc2c(c1)C(=O)NC2.CC(C)(C)c1ccc2c(c1)CNC2=O. The first kappa shape index (κ1) is 97.0. The van der Waals surface area contributed by atoms with Gasteiger partial charge < -0.3 is 31.3 Å². The lowest BCUT2D eigenvalue weighted by Gasteiger charge is -2.21. The quantitative estimate of drug-likeness (QED) is 0.0756. The molecule has 12 aromatic rings. The van der Waals surface area contributed by atoms with Gasteiger partial charge in [-0.05, 0) is 172 Å². The van der Waals surface area contributed by atoms with E-state index in [4.69, 9.17) is 28.9 Å². The van der Waals surface area contributed by atoms with Gasteiger partial charge in [-0.3, -0.25) is 28.8 Å². The van der Waals surface area contributed by atoms with Crippen LogP contribution in [-0.4, -0.2) is 46.9 Å². The van der Waals surface area contributed by atoms with Gasteiger partial charge in [0, 0.05) is 74.8 Å². The number of pyridine rings is 3. The summed E-state index contributed by atoms with van der Waals surface area (Å²) in [6, 6.07) is 43.8. The lowest BCUT2D eigenvalue weighted by molar-refractivity contribution is 0.0957. The van der Waals surface area contributed by atoms with Crippen molar-refractivity contribution in [3.63, 3.8) is 0 Å². The Morgan fingerprint density at radius 3 is 1.38 bits per heavy atom. The van der Waals surface area contributed by atoms with E-state index in [0.29, 0.717) is 50.5 Å². The van der Waals surface area contributed by atoms with E-state index in [2.05, 4.69) is 221 Å². The van der Waals surface area contributed by atoms with Crippen LogP contribution in [-0.2, 0) is 51.0 Å². The molecule has 0 unspecified atom stereocenters. The Balaban J connectivity index is 0.000000436. The van der Waals surface area contributed by atoms with Crippen molar-refractivity contribution in [2.24, 2.45) is 0 Å². The number of H-pyrrole nitrogens is 4. The van der Waals surface area contributed by atoms with Crippen molar-refractivity contribution in [1.29, 1.82) is 0 Å². The number of fused-ring (bicyclic) bond motifs is 7. The molecule has 0 aliphatic carbocycles. The Hall–Kier alpha value is -10.0. The van der Waals surface area contributed by atoms with Crippen LogP contribution in [0.5, 0.6) is 0 Å². The van der Waals surface area contributed by atoms with Crippen LogP contribution in [0.3, 0.4) is 0 Å². The fourth-order valence-corrected chi connectivity index (χ4v) is 12.3. The van der Waals surface area contributed by atoms with Gasteiger partial charge in [0.2, 0.25) is 0 Å². The van der Waals surface area contributed by atoms with Crippen LogP contribution in [0.2, 0.25) is 10.0 Å². The van der Waals surface area contributed by atoms with E-state index >= 15 is 0 Å². The Kier molecular flexibility index (Phi) is 33.5. The zero-order valence-corrected chi connectivity index (χ0v) is 66.1. The number of aromatic nitrogens is 7. The first-order valence-electron chi connectivity index (χ1n) is 35.3. The Bertz CT molecular complexity index is 5340. The monoisotopic (exact) mass is 1550 g/mol. The minimum Gasteiger partial charge on any atom is -0.383 e. The maximum Gasteiger partial charge on any atom is 0.272 e. The number of nitrogen functional groups attached to an aromatic ring is 1. The minimum absolute atomic E-state index is 0. The number of anilines is 1. The molecule has 5 aromatic heterocycles. The Morgan fingerprint density at radius 2 is 0.811 bits per heavy atom. The molecule has 14 rings (SSSR count). The van der Waals surface area contributed by atoms with Gasteiger partial charge in [0.25, 0.3) is 34.1 Å². The van der Waals surface area contributed by atoms with E-state index in [9.17, 15) is 28.8 Å². The lowest BCUT2D eigenvalue weighted by atomic mass is 9.85. The number of rotatable bonds is 0. The van der Waals surface area contributed by atoms with E-state index in [1.807, 2.05) is 97.1 Å². The van der Waals surface area contributed by atoms with Gasteiger partial charge in [0.15, 0.2) is 0 Å². The second kappa shape index (κ2) is 38.3. The Labute approximate surface area is 670 Å². The van der Waals surface area contributed by atoms with Crippen molar-refractivity contribution in [3.05, 3.63) is 277 Å². The van der Waals surface area contributed by atoms with E-state index < -0.39 is 0 Å². The molecule has 2 aliphatic heterocycles. The first-order chi connectivity index (χ1) is 48.7. The predicted molar refractivity (Wildman–Crippen MR) is 477 cm³/mol. The normalized spacial score (nSPS) is 12.1. The number of amides is 2. The molecule has 0 saturated carbocycles. The molecule has 16 nitrogen and oxygen atoms in total. The number of hydrogen-bond donors (Lipinski definition) is 7. The maximum absolute atomic E-state index is 11.6. The molecule has 7 aromatic carbocycles. The fraction of sp³-hybridized carbons (Fsp3) is 0.387. The van der Waals surface area contributed by atoms with Crippen LogP contribution in [0.25, 0.3) is 54.0 Å². The number of nitrogens with zero attached hydrogens (tertiary/aromatic N) is 3. The molecule has 0 spiro atoms. The molecule has 2 aliphatic rings. The number of nitrogens with two attached hydrogens (primary N) is 1. The summed E-state index contributed by atoms with van der Waals surface area (Å²) in [7, 11) is 0. The summed E-state index contributed by atoms with van der Waals surface area (Å²) in [4.78, 5) is 84.8. The highest BCUT2D eigenvalue weighted by Gasteiger charge is 2.25. The van der Waals surface area contributed by atoms with Crippen LogP contribution < -0.4 is 38.6 Å². The number of carbonyl (C=O) groups is 2. The van der Waals surface area contributed by atoms with Crippen molar-refractivity contribution in [3.8, 4) is 0 Å². The standard InChI is InChI=1S/2C13H14ClNO.C13H16N2.2C12H14N2O.2C12H15NO.6CH4/c1-13(2,3)10-6-8-4-5-15-12(16)9(8)7-11(10)14;1-13(2,3)8-4-5-9-10(6-8)11(14)7-15-12(9)16;1-13(2,3)10-4-5-11-9(8-10)6-7-15-12(11)14;1-12(2,3)9-4-5-10-8(6-9)7-13-14-11(10)15;1-12(2,3)8-4-5-9-10(6-8)13-7-14-11(9)15;1-12(2,3)9-4-5-10-8(6-9)7-13-11(10)14;1-12(2,3)9-5-4-8-7-13-11(14)10(8)6-9;;;;;;/h2*4-7H,1-3H3,(H,15,16);4-8H,1-3H3,(H2,14,15);4-7H,1-3H3,(H,14,15);4-7H,1-3H3,(H,13,14,15);2*4-6H,7H2,1-3H3,(H,13,14);6*1H4. The second-order valence-electron chi connectivity index (χ2n) is 33.9. The Morgan fingerprint density at radius 1 is 0.360 bits per heavy atom. The van der Waals surface area contributed by atoms with E-state index in [0.717, 1.165) is 60.3 Å². The van der Waals surface area contributed by atoms with Crippen LogP contribution >= 0.6 is 23.2 Å². The van der Waals surface area contributed by atoms with Gasteiger partial charge in [0.1, 0.15) is 5.82 Å². The van der Waals surface area contributed by atoms with E-state index in [1.165, 1.54) is 39.7 Å². The zero-order chi connectivity index (χ0) is 77.7. The minimum atomic E-state index is -0.132. The van der Waals surface area contributed by atoms with Crippen molar-refractivity contribution in [2.75, 3.05) is 5.73 Å². The van der Waals surface area contributed by atoms with Crippen LogP contribution in [0.1, 0.15) is 261 Å². The van der Waals surface area contributed by atoms with Crippen molar-refractivity contribution in [1.82, 2.24) is 45.8 Å². The summed E-state index contributed by atoms with van der Waals surface area (Å²) in [6.45, 7) is 46.6. The summed E-state index contributed by atoms with van der Waals surface area (Å²) in [5, 5.41) is 20.6. The number of halogens is 2. The third kappa shape index (κ3) is 24.7. The maximum atomic E-state index is 11.6. The van der Waals surface area contributed by atoms with Gasteiger partial charge in [-0.1, -0.05) is 274 Å². The number of nitrogens with one attached hydrogen (secondary N) is 6. The molecule has 0 atom stereocenters. The highest BCUT2D eigenvalue weighted by molar-refractivity contribution is 6.35. The van der Waals surface area contributed by atoms with Crippen LogP contribution in [0.4, 0.5) is 5.82 Å². The predicted octanol–water partition coefficient (Wildman–Crippen LogP) is 22.8. The van der Waals surface area contributed by atoms with E-state index in [-0.39, 0.29) is 117 Å². The summed E-state index contributed by atoms with van der Waals surface area (Å²) in [5.74, 6) is 0.722. The van der Waals surface area contributed by atoms with E-state index in [1.54, 1.807) is 30.9 Å². The molecule has 0 radical (unpaired) electrons. The average Bonchev–Trinajstić information content (AvgIpc) is 1.77. The molecule has 0 fully saturated rings. The average molecular weight is 1550 g/mol. The zero-order valence-electron chi connectivity index (χ0n) is 64.6. The number of benzene rings is 7. The number of carbonyl (C=O) groups excluding carboxylic acids is 2. The van der Waals surface area contributed by atoms with Crippen LogP contribution in [0.15, 0.2) is 184 Å². The highest BCUT2D eigenvalue weighted by Crippen LogP contribution is 2.35. The highest BCUT2D eigenvalue weighted by atomic mass is 35.5. The van der Waals surface area contributed by atoms with Gasteiger partial charge in [-0.2, -0.15) is 5.10 Å². The molecule has 2 amide bonds. The molecule has 0 saturated heterocycles. The molecular weight excluding hydrogens is 1420 g/mol. The van der Waals surface area contributed by atoms with Crippen molar-refractivity contribution >= 4 is 94.8 Å². The molecule has 18 heteroatoms. The van der Waals surface area contributed by atoms with Gasteiger partial charge in [0.05, 0.1) is 33.8 Å². The topological polar surface area (TPSA) is 254 Å². The van der Waals surface area contributed by atoms with Crippen molar-refractivity contribution in [2.45, 2.75) is 241 Å². The second-order valence-corrected chi connectivity index (χ2v) is 34.7. The largest absolute Gasteiger partial charge is 0.383 e. The van der Waals surface area contributed by atoms with Gasteiger partial charge in [-0.15, -0.1) is 0 Å². The summed E-state index contributed by atoms with van der Waals surface area (Å²) in [5.41, 5.74) is 19.2. The summed E-state index contributed by atoms with van der Waals surface area (Å²) >= 11 is 12.3. The van der Waals surface area contributed by atoms with Crippen LogP contribution in [0, 0.1) is 0 Å². The van der Waals surface area contributed by atoms with Crippen molar-refractivity contribution < 1.29 is 9.59 Å². The van der Waals surface area contributed by atoms with Gasteiger partial charge in [-0.25, -0.2) is 15.1 Å². The molecule has 111 heavy (non-hydrogen) atoms. The fourth-order valence-electron chi connectivity index (χ4n) is 11.6. The lowest BCUT2D eigenvalue weighted by Crippen LogP contribution is -2.14. The summed E-state index contributed by atoms with van der Waals surface area (Å²) in [6.07, 6.45) is 8.08. The third-order valence-corrected chi connectivity index (χ3v) is 19.0. The smallest absolute Gasteiger partial charge is 0.272 e. The van der Waals surface area contributed by atoms with Gasteiger partial charge >= 0.3 is 0 Å². The molecule has 7 heterocycles. The molecule has 598 valence electrons. The number of hydrogen-bond acceptors (Lipinski definition) is 10.